The van der Waals surface area contributed by atoms with E-state index in [1.165, 1.54) is 18.9 Å². The second kappa shape index (κ2) is 11.0. The number of ether oxygens (including phenoxy) is 1. The van der Waals surface area contributed by atoms with Crippen LogP contribution in [0.2, 0.25) is 6.04 Å². The fourth-order valence-corrected chi connectivity index (χ4v) is 3.62. The molecule has 0 aliphatic rings. The van der Waals surface area contributed by atoms with Gasteiger partial charge in [0.1, 0.15) is 0 Å². The van der Waals surface area contributed by atoms with Crippen molar-refractivity contribution in [1.29, 1.82) is 0 Å². The predicted octanol–water partition coefficient (Wildman–Crippen LogP) is 3.94. The molecule has 0 aliphatic heterocycles. The van der Waals surface area contributed by atoms with Crippen LogP contribution < -0.4 is 0 Å². The van der Waals surface area contributed by atoms with E-state index in [1.807, 2.05) is 0 Å². The largest absolute Gasteiger partial charge is 0.462 e. The van der Waals surface area contributed by atoms with Crippen molar-refractivity contribution in [3.05, 3.63) is 12.2 Å². The Kier molecular flexibility index (Phi) is 11.6. The first-order chi connectivity index (χ1) is 7.54. The summed E-state index contributed by atoms with van der Waals surface area (Å²) >= 11 is 4.93. The molecule has 0 rings (SSSR count). The Hall–Kier alpha value is 0.887. The number of carbonyl (C=O) groups excluding carboxylic acids is 1. The molecule has 0 N–H and O–H groups in total. The Labute approximate surface area is 128 Å². The van der Waals surface area contributed by atoms with Gasteiger partial charge in [-0.2, -0.15) is 0 Å². The molecule has 0 spiro atoms. The maximum atomic E-state index is 11.0. The maximum Gasteiger partial charge on any atom is 0.333 e. The fourth-order valence-electron chi connectivity index (χ4n) is 1.08. The molecule has 0 aliphatic carbocycles. The highest BCUT2D eigenvalue weighted by Gasteiger charge is 2.02. The summed E-state index contributed by atoms with van der Waals surface area (Å²) < 4.78 is 5.79. The SMILES string of the molecule is C=C(C)C(=O)OCCCCCC[Si]C(I)I. The van der Waals surface area contributed by atoms with E-state index in [0.29, 0.717) is 12.2 Å². The average Bonchev–Trinajstić information content (AvgIpc) is 2.21. The highest BCUT2D eigenvalue weighted by Crippen LogP contribution is 2.12. The van der Waals surface area contributed by atoms with E-state index in [2.05, 4.69) is 51.8 Å². The number of unbranched alkanes of at least 4 members (excludes halogenated alkanes) is 3. The molecule has 0 heterocycles. The smallest absolute Gasteiger partial charge is 0.333 e. The lowest BCUT2D eigenvalue weighted by molar-refractivity contribution is -0.139. The predicted molar refractivity (Wildman–Crippen MR) is 86.6 cm³/mol. The Balaban J connectivity index is 3.16. The minimum atomic E-state index is -0.265. The normalized spacial score (nSPS) is 10.5. The molecular formula is C11H18I2O2Si. The van der Waals surface area contributed by atoms with Gasteiger partial charge in [0.25, 0.3) is 0 Å². The average molecular weight is 464 g/mol. The lowest BCUT2D eigenvalue weighted by Crippen LogP contribution is -2.06. The number of rotatable bonds is 9. The molecule has 0 bridgehead atoms. The van der Waals surface area contributed by atoms with Gasteiger partial charge in [0.2, 0.25) is 0 Å². The highest BCUT2D eigenvalue weighted by atomic mass is 127. The first-order valence-corrected chi connectivity index (χ1v) is 9.15. The third-order valence-electron chi connectivity index (χ3n) is 1.95. The van der Waals surface area contributed by atoms with Crippen LogP contribution in [-0.2, 0) is 9.53 Å². The van der Waals surface area contributed by atoms with Gasteiger partial charge in [0, 0.05) is 5.57 Å². The van der Waals surface area contributed by atoms with Crippen LogP contribution in [0.15, 0.2) is 12.2 Å². The number of hydrogen-bond donors (Lipinski definition) is 0. The van der Waals surface area contributed by atoms with Crippen molar-refractivity contribution >= 4 is 60.7 Å². The lowest BCUT2D eigenvalue weighted by atomic mass is 10.2. The van der Waals surface area contributed by atoms with Gasteiger partial charge < -0.3 is 4.74 Å². The van der Waals surface area contributed by atoms with Crippen LogP contribution in [0.1, 0.15) is 32.6 Å². The molecule has 0 saturated heterocycles. The molecule has 0 unspecified atom stereocenters. The first kappa shape index (κ1) is 16.9. The first-order valence-electron chi connectivity index (χ1n) is 5.38. The maximum absolute atomic E-state index is 11.0. The standard InChI is InChI=1S/C11H18I2O2Si/c1-9(2)10(14)15-7-5-3-4-6-8-16-11(12)13/h11H,1,3-8H2,2H3. The van der Waals surface area contributed by atoms with Gasteiger partial charge in [0.05, 0.1) is 17.7 Å². The number of hydrogen-bond acceptors (Lipinski definition) is 2. The van der Waals surface area contributed by atoms with E-state index < -0.39 is 0 Å². The van der Waals surface area contributed by atoms with Crippen molar-refractivity contribution in [2.24, 2.45) is 0 Å². The van der Waals surface area contributed by atoms with E-state index in [1.54, 1.807) is 6.92 Å². The summed E-state index contributed by atoms with van der Waals surface area (Å²) in [4.78, 5) is 11.0. The van der Waals surface area contributed by atoms with E-state index in [4.69, 9.17) is 4.74 Å². The lowest BCUT2D eigenvalue weighted by Gasteiger charge is -2.04. The molecule has 16 heavy (non-hydrogen) atoms. The van der Waals surface area contributed by atoms with Crippen LogP contribution in [0.4, 0.5) is 0 Å². The van der Waals surface area contributed by atoms with E-state index in [9.17, 15) is 4.79 Å². The zero-order chi connectivity index (χ0) is 12.4. The van der Waals surface area contributed by atoms with E-state index >= 15 is 0 Å². The molecule has 0 aromatic rings. The minimum absolute atomic E-state index is 0.265. The van der Waals surface area contributed by atoms with Crippen LogP contribution >= 0.6 is 45.2 Å². The van der Waals surface area contributed by atoms with Gasteiger partial charge in [-0.15, -0.1) is 0 Å². The number of carbonyl (C=O) groups is 1. The fraction of sp³-hybridized carbons (Fsp3) is 0.727. The topological polar surface area (TPSA) is 26.3 Å². The molecule has 0 saturated carbocycles. The van der Waals surface area contributed by atoms with Crippen LogP contribution in [-0.4, -0.2) is 23.7 Å². The summed E-state index contributed by atoms with van der Waals surface area (Å²) in [5.74, 6) is -0.265. The summed E-state index contributed by atoms with van der Waals surface area (Å²) in [6.07, 6.45) is 4.67. The van der Waals surface area contributed by atoms with E-state index in [-0.39, 0.29) is 5.97 Å². The van der Waals surface area contributed by atoms with Crippen LogP contribution in [0.3, 0.4) is 0 Å². The number of alkyl halides is 2. The summed E-state index contributed by atoms with van der Waals surface area (Å²) in [6.45, 7) is 5.75. The molecule has 0 aromatic heterocycles. The van der Waals surface area contributed by atoms with Crippen LogP contribution in [0.25, 0.3) is 0 Å². The third-order valence-corrected chi connectivity index (χ3v) is 5.54. The second-order valence-corrected chi connectivity index (χ2v) is 12.3. The highest BCUT2D eigenvalue weighted by molar-refractivity contribution is 14.2. The van der Waals surface area contributed by atoms with Crippen LogP contribution in [0, 0.1) is 0 Å². The molecule has 92 valence electrons. The Morgan fingerprint density at radius 3 is 2.50 bits per heavy atom. The molecule has 0 aromatic carbocycles. The van der Waals surface area contributed by atoms with Gasteiger partial charge in [-0.25, -0.2) is 4.79 Å². The van der Waals surface area contributed by atoms with Gasteiger partial charge in [-0.1, -0.05) is 77.1 Å². The number of esters is 1. The van der Waals surface area contributed by atoms with Crippen LogP contribution in [0.5, 0.6) is 0 Å². The summed E-state index contributed by atoms with van der Waals surface area (Å²) in [5.41, 5.74) is 0.483. The molecule has 0 fully saturated rings. The minimum Gasteiger partial charge on any atom is -0.462 e. The van der Waals surface area contributed by atoms with Crippen molar-refractivity contribution < 1.29 is 9.53 Å². The Bertz CT molecular complexity index is 220. The summed E-state index contributed by atoms with van der Waals surface area (Å²) in [5, 5.41) is 0. The molecule has 5 heteroatoms. The molecule has 0 atom stereocenters. The zero-order valence-electron chi connectivity index (χ0n) is 9.60. The van der Waals surface area contributed by atoms with Crippen molar-refractivity contribution in [3.63, 3.8) is 0 Å². The third kappa shape index (κ3) is 11.4. The summed E-state index contributed by atoms with van der Waals surface area (Å²) in [6, 6.07) is 1.34. The molecule has 0 amide bonds. The van der Waals surface area contributed by atoms with E-state index in [0.717, 1.165) is 23.9 Å². The van der Waals surface area contributed by atoms with Crippen molar-refractivity contribution in [1.82, 2.24) is 0 Å². The van der Waals surface area contributed by atoms with Crippen molar-refractivity contribution in [3.8, 4) is 0 Å². The number of halogens is 2. The second-order valence-electron chi connectivity index (χ2n) is 3.59. The van der Waals surface area contributed by atoms with Gasteiger partial charge in [-0.05, 0) is 13.3 Å². The van der Waals surface area contributed by atoms with Crippen molar-refractivity contribution in [2.45, 2.75) is 40.2 Å². The summed E-state index contributed by atoms with van der Waals surface area (Å²) in [7, 11) is 1.07. The molecule has 2 nitrogen and oxygen atoms in total. The monoisotopic (exact) mass is 464 g/mol. The molecular weight excluding hydrogens is 446 g/mol. The quantitative estimate of drug-likeness (QED) is 0.129. The van der Waals surface area contributed by atoms with Crippen molar-refractivity contribution in [2.75, 3.05) is 6.61 Å². The Morgan fingerprint density at radius 1 is 1.31 bits per heavy atom. The van der Waals surface area contributed by atoms with Gasteiger partial charge in [-0.3, -0.25) is 0 Å². The zero-order valence-corrected chi connectivity index (χ0v) is 14.9. The van der Waals surface area contributed by atoms with Gasteiger partial charge in [0.15, 0.2) is 0 Å². The van der Waals surface area contributed by atoms with Gasteiger partial charge >= 0.3 is 5.97 Å². The Morgan fingerprint density at radius 2 is 1.94 bits per heavy atom. The molecule has 2 radical (unpaired) electrons.